The molecule has 1 heterocycles. The van der Waals surface area contributed by atoms with Crippen molar-refractivity contribution in [2.75, 3.05) is 0 Å². The number of hydrogen-bond acceptors (Lipinski definition) is 7. The van der Waals surface area contributed by atoms with E-state index in [0.717, 1.165) is 5.56 Å². The lowest BCUT2D eigenvalue weighted by Gasteiger charge is -2.20. The monoisotopic (exact) mass is 405 g/mol. The van der Waals surface area contributed by atoms with Gasteiger partial charge in [0.05, 0.1) is 12.1 Å². The molecule has 0 saturated heterocycles. The Kier molecular flexibility index (Phi) is 7.68. The number of hydrogen-bond donors (Lipinski definition) is 5. The van der Waals surface area contributed by atoms with E-state index < -0.39 is 36.2 Å². The van der Waals surface area contributed by atoms with Crippen molar-refractivity contribution in [2.24, 2.45) is 11.7 Å². The van der Waals surface area contributed by atoms with Gasteiger partial charge in [-0.15, -0.1) is 0 Å². The predicted octanol–water partition coefficient (Wildman–Crippen LogP) is 1.14. The van der Waals surface area contributed by atoms with Gasteiger partial charge in [-0.05, 0) is 18.4 Å². The molecule has 1 unspecified atom stereocenters. The van der Waals surface area contributed by atoms with Crippen LogP contribution >= 0.6 is 0 Å². The standard InChI is InChI=1S/C19H27N5O5/c1-10(2)14(20)16-23-17(29-24-16)15(11(3)25)22-19(28)21-13(18(26)27)9-12-7-5-4-6-8-12/h4-8,10-11,13-15,25H,9,20H2,1-3H3,(H,26,27)(H2,21,22,28)/t11?,13-,14-,15-/m0/s1. The zero-order valence-electron chi connectivity index (χ0n) is 16.6. The number of benzene rings is 1. The summed E-state index contributed by atoms with van der Waals surface area (Å²) in [5.74, 6) is -0.872. The van der Waals surface area contributed by atoms with Gasteiger partial charge < -0.3 is 31.1 Å². The van der Waals surface area contributed by atoms with E-state index >= 15 is 0 Å². The minimum atomic E-state index is -1.18. The minimum Gasteiger partial charge on any atom is -0.480 e. The van der Waals surface area contributed by atoms with Gasteiger partial charge in [0.2, 0.25) is 0 Å². The Morgan fingerprint density at radius 1 is 1.17 bits per heavy atom. The van der Waals surface area contributed by atoms with Crippen molar-refractivity contribution in [1.29, 1.82) is 0 Å². The van der Waals surface area contributed by atoms with Gasteiger partial charge >= 0.3 is 12.0 Å². The summed E-state index contributed by atoms with van der Waals surface area (Å²) in [5.41, 5.74) is 6.75. The number of aliphatic hydroxyl groups is 1. The summed E-state index contributed by atoms with van der Waals surface area (Å²) in [7, 11) is 0. The number of amides is 2. The average Bonchev–Trinajstić information content (AvgIpc) is 3.15. The number of carbonyl (C=O) groups is 2. The number of aromatic nitrogens is 2. The van der Waals surface area contributed by atoms with Crippen LogP contribution in [0.1, 0.15) is 50.1 Å². The molecular weight excluding hydrogens is 378 g/mol. The van der Waals surface area contributed by atoms with Gasteiger partial charge in [-0.3, -0.25) is 0 Å². The number of rotatable bonds is 9. The van der Waals surface area contributed by atoms with E-state index in [2.05, 4.69) is 20.8 Å². The molecular formula is C19H27N5O5. The Hall–Kier alpha value is -2.98. The fourth-order valence-corrected chi connectivity index (χ4v) is 2.59. The molecule has 0 fully saturated rings. The Balaban J connectivity index is 2.07. The van der Waals surface area contributed by atoms with Crippen molar-refractivity contribution in [3.63, 3.8) is 0 Å². The number of aliphatic hydroxyl groups excluding tert-OH is 1. The highest BCUT2D eigenvalue weighted by Gasteiger charge is 2.29. The maximum atomic E-state index is 12.4. The first-order valence-corrected chi connectivity index (χ1v) is 9.30. The van der Waals surface area contributed by atoms with Crippen LogP contribution in [-0.2, 0) is 11.2 Å². The summed E-state index contributed by atoms with van der Waals surface area (Å²) in [6.07, 6.45) is -0.960. The zero-order valence-corrected chi connectivity index (χ0v) is 16.6. The molecule has 0 radical (unpaired) electrons. The zero-order chi connectivity index (χ0) is 21.6. The number of carbonyl (C=O) groups excluding carboxylic acids is 1. The molecule has 1 aromatic carbocycles. The van der Waals surface area contributed by atoms with Crippen LogP contribution in [0.15, 0.2) is 34.9 Å². The molecule has 1 aromatic heterocycles. The maximum Gasteiger partial charge on any atom is 0.326 e. The Labute approximate surface area is 168 Å². The lowest BCUT2D eigenvalue weighted by molar-refractivity contribution is -0.139. The molecule has 158 valence electrons. The van der Waals surface area contributed by atoms with Gasteiger partial charge in [0, 0.05) is 6.42 Å². The number of nitrogens with one attached hydrogen (secondary N) is 2. The smallest absolute Gasteiger partial charge is 0.326 e. The van der Waals surface area contributed by atoms with E-state index in [-0.39, 0.29) is 24.1 Å². The lowest BCUT2D eigenvalue weighted by Crippen LogP contribution is -2.49. The third kappa shape index (κ3) is 6.26. The summed E-state index contributed by atoms with van der Waals surface area (Å²) in [6, 6.07) is 5.50. The second-order valence-corrected chi connectivity index (χ2v) is 7.18. The lowest BCUT2D eigenvalue weighted by atomic mass is 10.1. The van der Waals surface area contributed by atoms with Crippen molar-refractivity contribution in [2.45, 2.75) is 51.4 Å². The molecule has 0 saturated carbocycles. The molecule has 10 nitrogen and oxygen atoms in total. The minimum absolute atomic E-state index is 0.0174. The van der Waals surface area contributed by atoms with Crippen molar-refractivity contribution >= 4 is 12.0 Å². The summed E-state index contributed by atoms with van der Waals surface area (Å²) in [4.78, 5) is 28.1. The third-order valence-electron chi connectivity index (χ3n) is 4.39. The second kappa shape index (κ2) is 9.99. The van der Waals surface area contributed by atoms with E-state index in [4.69, 9.17) is 10.3 Å². The first-order chi connectivity index (χ1) is 13.7. The van der Waals surface area contributed by atoms with Gasteiger partial charge in [-0.1, -0.05) is 49.3 Å². The molecule has 0 bridgehead atoms. The van der Waals surface area contributed by atoms with E-state index in [1.807, 2.05) is 19.9 Å². The first kappa shape index (κ1) is 22.3. The van der Waals surface area contributed by atoms with E-state index in [9.17, 15) is 19.8 Å². The van der Waals surface area contributed by atoms with Crippen molar-refractivity contribution < 1.29 is 24.3 Å². The largest absolute Gasteiger partial charge is 0.480 e. The van der Waals surface area contributed by atoms with Crippen LogP contribution in [0.3, 0.4) is 0 Å². The van der Waals surface area contributed by atoms with Crippen LogP contribution in [0, 0.1) is 5.92 Å². The summed E-state index contributed by atoms with van der Waals surface area (Å²) in [6.45, 7) is 5.24. The van der Waals surface area contributed by atoms with Crippen molar-refractivity contribution in [3.05, 3.63) is 47.6 Å². The summed E-state index contributed by atoms with van der Waals surface area (Å²) < 4.78 is 5.15. The summed E-state index contributed by atoms with van der Waals surface area (Å²) >= 11 is 0. The first-order valence-electron chi connectivity index (χ1n) is 9.30. The number of urea groups is 1. The Morgan fingerprint density at radius 2 is 1.83 bits per heavy atom. The Bertz CT molecular complexity index is 808. The highest BCUT2D eigenvalue weighted by atomic mass is 16.5. The molecule has 2 rings (SSSR count). The van der Waals surface area contributed by atoms with Gasteiger partial charge in [0.1, 0.15) is 12.1 Å². The second-order valence-electron chi connectivity index (χ2n) is 7.18. The van der Waals surface area contributed by atoms with Crippen LogP contribution in [0.25, 0.3) is 0 Å². The number of carboxylic acid groups (broad SMARTS) is 1. The Morgan fingerprint density at radius 3 is 2.38 bits per heavy atom. The molecule has 0 aliphatic rings. The van der Waals surface area contributed by atoms with Crippen LogP contribution in [-0.4, -0.2) is 44.5 Å². The van der Waals surface area contributed by atoms with E-state index in [0.29, 0.717) is 0 Å². The highest BCUT2D eigenvalue weighted by molar-refractivity contribution is 5.83. The third-order valence-corrected chi connectivity index (χ3v) is 4.39. The van der Waals surface area contributed by atoms with Gasteiger partial charge in [0.25, 0.3) is 5.89 Å². The van der Waals surface area contributed by atoms with Crippen molar-refractivity contribution in [3.8, 4) is 0 Å². The van der Waals surface area contributed by atoms with Gasteiger partial charge in [-0.25, -0.2) is 9.59 Å². The van der Waals surface area contributed by atoms with Gasteiger partial charge in [-0.2, -0.15) is 4.98 Å². The van der Waals surface area contributed by atoms with E-state index in [1.54, 1.807) is 24.3 Å². The molecule has 10 heteroatoms. The highest BCUT2D eigenvalue weighted by Crippen LogP contribution is 2.20. The van der Waals surface area contributed by atoms with E-state index in [1.165, 1.54) is 6.92 Å². The molecule has 0 aliphatic heterocycles. The van der Waals surface area contributed by atoms with Crippen LogP contribution in [0.5, 0.6) is 0 Å². The normalized spacial score (nSPS) is 15.4. The number of carboxylic acids is 1. The number of nitrogens with two attached hydrogens (primary N) is 1. The molecule has 29 heavy (non-hydrogen) atoms. The maximum absolute atomic E-state index is 12.4. The van der Waals surface area contributed by atoms with Crippen LogP contribution in [0.4, 0.5) is 4.79 Å². The molecule has 2 amide bonds. The van der Waals surface area contributed by atoms with Crippen LogP contribution < -0.4 is 16.4 Å². The number of aliphatic carboxylic acids is 1. The topological polar surface area (TPSA) is 164 Å². The summed E-state index contributed by atoms with van der Waals surface area (Å²) in [5, 5.41) is 28.1. The van der Waals surface area contributed by atoms with Crippen molar-refractivity contribution in [1.82, 2.24) is 20.8 Å². The SMILES string of the molecule is CC(C)[C@H](N)c1noc([C@@H](NC(=O)N[C@@H](Cc2ccccc2)C(=O)O)C(C)O)n1. The van der Waals surface area contributed by atoms with Gasteiger partial charge in [0.15, 0.2) is 5.82 Å². The molecule has 0 aliphatic carbocycles. The number of nitrogens with zero attached hydrogens (tertiary/aromatic N) is 2. The fraction of sp³-hybridized carbons (Fsp3) is 0.474. The molecule has 4 atom stereocenters. The molecule has 2 aromatic rings. The van der Waals surface area contributed by atoms with Crippen LogP contribution in [0.2, 0.25) is 0 Å². The molecule has 6 N–H and O–H groups in total. The predicted molar refractivity (Wildman–Crippen MR) is 104 cm³/mol. The quantitative estimate of drug-likeness (QED) is 0.414. The molecule has 0 spiro atoms. The fourth-order valence-electron chi connectivity index (χ4n) is 2.59. The average molecular weight is 405 g/mol.